The Kier molecular flexibility index (Phi) is 6.49. The van der Waals surface area contributed by atoms with Gasteiger partial charge in [0.25, 0.3) is 0 Å². The third kappa shape index (κ3) is 4.37. The summed E-state index contributed by atoms with van der Waals surface area (Å²) in [6.45, 7) is 4.78. The maximum atomic E-state index is 2.47. The first-order valence-corrected chi connectivity index (χ1v) is 18.1. The highest BCUT2D eigenvalue weighted by Crippen LogP contribution is 2.55. The van der Waals surface area contributed by atoms with Crippen LogP contribution in [0.2, 0.25) is 0 Å². The average Bonchev–Trinajstić information content (AvgIpc) is 3.39. The van der Waals surface area contributed by atoms with Crippen molar-refractivity contribution in [2.45, 2.75) is 29.1 Å². The summed E-state index contributed by atoms with van der Waals surface area (Å²) < 4.78 is 0. The van der Waals surface area contributed by atoms with Crippen LogP contribution in [0.15, 0.2) is 180 Å². The molecule has 1 heterocycles. The zero-order chi connectivity index (χ0) is 33.4. The summed E-state index contributed by atoms with van der Waals surface area (Å²) in [7, 11) is 0. The Labute approximate surface area is 297 Å². The smallest absolute Gasteiger partial charge is 0.0601 e. The Balaban J connectivity index is 1.14. The number of para-hydroxylation sites is 2. The van der Waals surface area contributed by atoms with Crippen LogP contribution in [-0.4, -0.2) is 0 Å². The monoisotopic (exact) mass is 658 g/mol. The van der Waals surface area contributed by atoms with Crippen LogP contribution in [0.5, 0.6) is 0 Å². The highest BCUT2D eigenvalue weighted by molar-refractivity contribution is 7.99. The molecule has 0 saturated carbocycles. The van der Waals surface area contributed by atoms with E-state index in [1.807, 2.05) is 11.8 Å². The third-order valence-corrected chi connectivity index (χ3v) is 11.7. The van der Waals surface area contributed by atoms with Crippen molar-refractivity contribution in [3.05, 3.63) is 181 Å². The van der Waals surface area contributed by atoms with Crippen molar-refractivity contribution in [2.75, 3.05) is 9.80 Å². The van der Waals surface area contributed by atoms with Gasteiger partial charge in [-0.25, -0.2) is 0 Å². The van der Waals surface area contributed by atoms with Gasteiger partial charge in [0, 0.05) is 37.4 Å². The fourth-order valence-electron chi connectivity index (χ4n) is 8.19. The predicted molar refractivity (Wildman–Crippen MR) is 213 cm³/mol. The first kappa shape index (κ1) is 29.2. The number of hydrogen-bond donors (Lipinski definition) is 0. The van der Waals surface area contributed by atoms with Crippen molar-refractivity contribution in [1.82, 2.24) is 0 Å². The summed E-state index contributed by atoms with van der Waals surface area (Å²) in [4.78, 5) is 7.46. The quantitative estimate of drug-likeness (QED) is 0.186. The molecular formula is C47H34N2S. The summed E-state index contributed by atoms with van der Waals surface area (Å²) in [5.74, 6) is 0. The Hall–Kier alpha value is -5.77. The zero-order valence-corrected chi connectivity index (χ0v) is 28.8. The number of nitrogens with zero attached hydrogens (tertiary/aromatic N) is 2. The van der Waals surface area contributed by atoms with Crippen LogP contribution >= 0.6 is 11.8 Å². The van der Waals surface area contributed by atoms with Gasteiger partial charge in [-0.2, -0.15) is 0 Å². The molecule has 2 nitrogen and oxygen atoms in total. The molecule has 10 rings (SSSR count). The van der Waals surface area contributed by atoms with Gasteiger partial charge < -0.3 is 9.80 Å². The van der Waals surface area contributed by atoms with Gasteiger partial charge in [-0.05, 0) is 93.7 Å². The number of benzene rings is 8. The van der Waals surface area contributed by atoms with Gasteiger partial charge >= 0.3 is 0 Å². The highest BCUT2D eigenvalue weighted by Gasteiger charge is 2.37. The van der Waals surface area contributed by atoms with Crippen molar-refractivity contribution >= 4 is 67.4 Å². The molecule has 238 valence electrons. The highest BCUT2D eigenvalue weighted by atomic mass is 32.2. The molecule has 0 N–H and O–H groups in total. The van der Waals surface area contributed by atoms with Crippen LogP contribution in [0.25, 0.3) is 32.7 Å². The lowest BCUT2D eigenvalue weighted by Crippen LogP contribution is -2.18. The summed E-state index contributed by atoms with van der Waals surface area (Å²) in [5, 5.41) is 4.93. The number of anilines is 6. The lowest BCUT2D eigenvalue weighted by molar-refractivity contribution is 0.660. The topological polar surface area (TPSA) is 6.48 Å². The lowest BCUT2D eigenvalue weighted by Gasteiger charge is -2.33. The van der Waals surface area contributed by atoms with E-state index in [-0.39, 0.29) is 5.41 Å². The molecule has 2 aliphatic rings. The van der Waals surface area contributed by atoms with E-state index in [2.05, 4.69) is 194 Å². The van der Waals surface area contributed by atoms with Gasteiger partial charge in [-0.3, -0.25) is 0 Å². The Morgan fingerprint density at radius 2 is 0.980 bits per heavy atom. The van der Waals surface area contributed by atoms with E-state index >= 15 is 0 Å². The van der Waals surface area contributed by atoms with E-state index in [4.69, 9.17) is 0 Å². The molecule has 0 atom stereocenters. The summed E-state index contributed by atoms with van der Waals surface area (Å²) >= 11 is 1.85. The van der Waals surface area contributed by atoms with Crippen LogP contribution < -0.4 is 9.80 Å². The van der Waals surface area contributed by atoms with Crippen LogP contribution in [0.1, 0.15) is 25.0 Å². The van der Waals surface area contributed by atoms with E-state index in [1.54, 1.807) is 0 Å². The fourth-order valence-corrected chi connectivity index (χ4v) is 9.25. The summed E-state index contributed by atoms with van der Waals surface area (Å²) in [6.07, 6.45) is 0. The van der Waals surface area contributed by atoms with Crippen molar-refractivity contribution in [1.29, 1.82) is 0 Å². The molecule has 0 saturated heterocycles. The minimum absolute atomic E-state index is 0.205. The molecule has 0 amide bonds. The zero-order valence-electron chi connectivity index (χ0n) is 28.0. The maximum Gasteiger partial charge on any atom is 0.0601 e. The van der Waals surface area contributed by atoms with E-state index in [0.29, 0.717) is 0 Å². The molecule has 0 unspecified atom stereocenters. The molecule has 3 heteroatoms. The second-order valence-electron chi connectivity index (χ2n) is 13.8. The Bertz CT molecular complexity index is 2500. The molecule has 0 aromatic heterocycles. The number of hydrogen-bond acceptors (Lipinski definition) is 3. The van der Waals surface area contributed by atoms with E-state index < -0.39 is 0 Å². The van der Waals surface area contributed by atoms with E-state index in [9.17, 15) is 0 Å². The fraction of sp³-hybridized carbons (Fsp3) is 0.0638. The lowest BCUT2D eigenvalue weighted by atomic mass is 9.82. The van der Waals surface area contributed by atoms with Crippen LogP contribution in [-0.2, 0) is 5.41 Å². The second kappa shape index (κ2) is 11.1. The molecule has 0 bridgehead atoms. The average molecular weight is 659 g/mol. The molecule has 8 aromatic rings. The van der Waals surface area contributed by atoms with Gasteiger partial charge in [0.15, 0.2) is 0 Å². The van der Waals surface area contributed by atoms with Gasteiger partial charge in [-0.1, -0.05) is 135 Å². The molecule has 1 aliphatic carbocycles. The molecular weight excluding hydrogens is 625 g/mol. The predicted octanol–water partition coefficient (Wildman–Crippen LogP) is 13.7. The minimum Gasteiger partial charge on any atom is -0.309 e. The molecule has 50 heavy (non-hydrogen) atoms. The first-order chi connectivity index (χ1) is 24.6. The van der Waals surface area contributed by atoms with E-state index in [0.717, 1.165) is 5.69 Å². The van der Waals surface area contributed by atoms with Crippen molar-refractivity contribution in [3.8, 4) is 11.1 Å². The van der Waals surface area contributed by atoms with Gasteiger partial charge in [-0.15, -0.1) is 0 Å². The van der Waals surface area contributed by atoms with Crippen LogP contribution in [0.3, 0.4) is 0 Å². The summed E-state index contributed by atoms with van der Waals surface area (Å²) in [5.41, 5.74) is 12.3. The minimum atomic E-state index is -0.205. The summed E-state index contributed by atoms with van der Waals surface area (Å²) in [6, 6.07) is 62.4. The molecule has 0 spiro atoms. The Morgan fingerprint density at radius 3 is 1.60 bits per heavy atom. The van der Waals surface area contributed by atoms with Gasteiger partial charge in [0.1, 0.15) is 0 Å². The second-order valence-corrected chi connectivity index (χ2v) is 14.9. The van der Waals surface area contributed by atoms with E-state index in [1.165, 1.54) is 82.0 Å². The number of rotatable bonds is 4. The molecule has 0 radical (unpaired) electrons. The van der Waals surface area contributed by atoms with Gasteiger partial charge in [0.05, 0.1) is 22.7 Å². The normalized spacial score (nSPS) is 13.8. The standard InChI is InChI=1S/C47H34N2S/c1-47(2)39-29-33(48(41-21-11-15-31-13-3-5-17-35(31)41)42-22-12-16-32-14-4-6-18-36(32)42)25-27-37(39)38-28-26-34(30-40(38)47)49-43-19-7-9-23-45(43)50-46-24-10-8-20-44(46)49/h3-30H,1-2H3. The van der Waals surface area contributed by atoms with Gasteiger partial charge in [0.2, 0.25) is 0 Å². The Morgan fingerprint density at radius 1 is 0.480 bits per heavy atom. The largest absolute Gasteiger partial charge is 0.309 e. The maximum absolute atomic E-state index is 2.47. The van der Waals surface area contributed by atoms with Crippen molar-refractivity contribution in [3.63, 3.8) is 0 Å². The van der Waals surface area contributed by atoms with Crippen LogP contribution in [0, 0.1) is 0 Å². The SMILES string of the molecule is CC1(C)c2cc(N3c4ccccc4Sc4ccccc43)ccc2-c2ccc(N(c3cccc4ccccc34)c3cccc4ccccc34)cc21. The van der Waals surface area contributed by atoms with Crippen molar-refractivity contribution in [2.24, 2.45) is 0 Å². The molecule has 1 aliphatic heterocycles. The van der Waals surface area contributed by atoms with Crippen LogP contribution in [0.4, 0.5) is 34.1 Å². The third-order valence-electron chi connectivity index (χ3n) is 10.6. The van der Waals surface area contributed by atoms with Crippen molar-refractivity contribution < 1.29 is 0 Å². The number of fused-ring (bicyclic) bond motifs is 7. The molecule has 8 aromatic carbocycles. The molecule has 0 fully saturated rings. The first-order valence-electron chi connectivity index (χ1n) is 17.3.